The number of aliphatic carboxylic acids is 1. The van der Waals surface area contributed by atoms with Crippen molar-refractivity contribution in [2.24, 2.45) is 62.4 Å². The third-order valence-corrected chi connectivity index (χ3v) is 14.1. The van der Waals surface area contributed by atoms with Gasteiger partial charge >= 0.3 is 17.9 Å². The summed E-state index contributed by atoms with van der Waals surface area (Å²) < 4.78 is 18.6. The molecular formula is C36H57NO7. The Kier molecular flexibility index (Phi) is 8.44. The number of hydrogen-bond acceptors (Lipinski definition) is 7. The SMILES string of the molecule is CC(=O)O[C@@H]1C[C@@]23COC[C@](C)([C@@H]2CC[C@H]2C3=CC[C@@]3(C)[C@H](C(=O)O)[C@@](C)([C@H](C)C(C)C)CC[C@]23C)[C@H]1OC(=O)CC(C)N. The van der Waals surface area contributed by atoms with Gasteiger partial charge in [0.2, 0.25) is 0 Å². The maximum absolute atomic E-state index is 13.3. The Bertz CT molecular complexity index is 1210. The molecule has 1 heterocycles. The van der Waals surface area contributed by atoms with Crippen LogP contribution in [-0.4, -0.2) is 54.5 Å². The highest BCUT2D eigenvalue weighted by Gasteiger charge is 2.72. The molecule has 0 aromatic heterocycles. The smallest absolute Gasteiger partial charge is 0.307 e. The molecule has 0 spiro atoms. The summed E-state index contributed by atoms with van der Waals surface area (Å²) in [5, 5.41) is 10.9. The van der Waals surface area contributed by atoms with Crippen LogP contribution >= 0.6 is 0 Å². The Balaban J connectivity index is 1.59. The first-order valence-corrected chi connectivity index (χ1v) is 17.0. The molecule has 5 aliphatic rings. The van der Waals surface area contributed by atoms with Crippen molar-refractivity contribution in [3.8, 4) is 0 Å². The standard InChI is InChI=1S/C36H57NO7/c1-20(2)22(4)32(6)14-15-34(8)24-10-11-27-33(7)18-42-19-36(27,25(24)12-13-35(34,9)29(32)31(40)41)17-26(43-23(5)38)30(33)44-28(39)16-21(3)37/h12,20-22,24,26-27,29-30H,10-11,13-19,37H2,1-9H3,(H,40,41)/t21?,22-,24+,26-,27+,29-,30+,32-,33-,34-,35+,36+/m1/s1. The second-order valence-electron chi connectivity index (χ2n) is 16.8. The number of carbonyl (C=O) groups is 3. The maximum atomic E-state index is 13.3. The van der Waals surface area contributed by atoms with E-state index in [1.165, 1.54) is 12.5 Å². The minimum Gasteiger partial charge on any atom is -0.481 e. The van der Waals surface area contributed by atoms with Crippen LogP contribution in [-0.2, 0) is 28.6 Å². The minimum absolute atomic E-state index is 0.0965. The van der Waals surface area contributed by atoms with Crippen LogP contribution in [0.5, 0.6) is 0 Å². The molecule has 4 aliphatic carbocycles. The quantitative estimate of drug-likeness (QED) is 0.258. The lowest BCUT2D eigenvalue weighted by Crippen LogP contribution is -2.70. The molecule has 3 saturated carbocycles. The summed E-state index contributed by atoms with van der Waals surface area (Å²) in [6.07, 6.45) is 6.24. The summed E-state index contributed by atoms with van der Waals surface area (Å²) in [4.78, 5) is 38.7. The van der Waals surface area contributed by atoms with Gasteiger partial charge in [0.25, 0.3) is 0 Å². The molecule has 0 amide bonds. The number of carbonyl (C=O) groups excluding carboxylic acids is 2. The van der Waals surface area contributed by atoms with Gasteiger partial charge in [-0.3, -0.25) is 14.4 Å². The fourth-order valence-corrected chi connectivity index (χ4v) is 11.6. The fourth-order valence-electron chi connectivity index (χ4n) is 11.6. The van der Waals surface area contributed by atoms with Crippen molar-refractivity contribution in [3.63, 3.8) is 0 Å². The number of ether oxygens (including phenoxy) is 3. The minimum atomic E-state index is -0.672. The fraction of sp³-hybridized carbons (Fsp3) is 0.861. The number of nitrogens with two attached hydrogens (primary N) is 1. The molecule has 3 N–H and O–H groups in total. The van der Waals surface area contributed by atoms with Crippen LogP contribution in [0.15, 0.2) is 11.6 Å². The van der Waals surface area contributed by atoms with Gasteiger partial charge in [0.05, 0.1) is 25.6 Å². The van der Waals surface area contributed by atoms with E-state index in [9.17, 15) is 19.5 Å². The van der Waals surface area contributed by atoms with Gasteiger partial charge in [-0.15, -0.1) is 0 Å². The van der Waals surface area contributed by atoms with Crippen LogP contribution in [0.3, 0.4) is 0 Å². The summed E-state index contributed by atoms with van der Waals surface area (Å²) in [5.41, 5.74) is 5.46. The summed E-state index contributed by atoms with van der Waals surface area (Å²) in [7, 11) is 0. The van der Waals surface area contributed by atoms with Gasteiger partial charge in [-0.1, -0.05) is 60.1 Å². The molecular weight excluding hydrogens is 558 g/mol. The third-order valence-electron chi connectivity index (χ3n) is 14.1. The van der Waals surface area contributed by atoms with Crippen molar-refractivity contribution < 1.29 is 33.7 Å². The van der Waals surface area contributed by atoms with Crippen LogP contribution in [0, 0.1) is 56.7 Å². The largest absolute Gasteiger partial charge is 0.481 e. The molecule has 0 aromatic rings. The van der Waals surface area contributed by atoms with Crippen LogP contribution in [0.4, 0.5) is 0 Å². The molecule has 1 unspecified atom stereocenters. The predicted octanol–water partition coefficient (Wildman–Crippen LogP) is 6.16. The van der Waals surface area contributed by atoms with Crippen molar-refractivity contribution in [3.05, 3.63) is 11.6 Å². The van der Waals surface area contributed by atoms with Gasteiger partial charge in [0.15, 0.2) is 0 Å². The van der Waals surface area contributed by atoms with Gasteiger partial charge in [-0.25, -0.2) is 0 Å². The molecule has 5 rings (SSSR count). The van der Waals surface area contributed by atoms with Crippen LogP contribution in [0.1, 0.15) is 107 Å². The monoisotopic (exact) mass is 615 g/mol. The highest BCUT2D eigenvalue weighted by molar-refractivity contribution is 5.73. The molecule has 4 fully saturated rings. The summed E-state index contributed by atoms with van der Waals surface area (Å²) in [6.45, 7) is 19.8. The molecule has 0 radical (unpaired) electrons. The van der Waals surface area contributed by atoms with Crippen molar-refractivity contribution in [2.75, 3.05) is 13.2 Å². The Morgan fingerprint density at radius 2 is 1.70 bits per heavy atom. The van der Waals surface area contributed by atoms with Crippen molar-refractivity contribution in [1.29, 1.82) is 0 Å². The highest BCUT2D eigenvalue weighted by Crippen LogP contribution is 2.75. The maximum Gasteiger partial charge on any atom is 0.307 e. The third kappa shape index (κ3) is 4.70. The second-order valence-corrected chi connectivity index (χ2v) is 16.8. The zero-order valence-corrected chi connectivity index (χ0v) is 28.5. The van der Waals surface area contributed by atoms with Gasteiger partial charge in [-0.05, 0) is 85.4 Å². The number of rotatable bonds is 7. The molecule has 0 aromatic carbocycles. The number of carboxylic acid groups (broad SMARTS) is 1. The highest BCUT2D eigenvalue weighted by atomic mass is 16.6. The molecule has 44 heavy (non-hydrogen) atoms. The van der Waals surface area contributed by atoms with Crippen molar-refractivity contribution >= 4 is 17.9 Å². The van der Waals surface area contributed by atoms with Gasteiger partial charge < -0.3 is 25.1 Å². The molecule has 2 bridgehead atoms. The van der Waals surface area contributed by atoms with E-state index < -0.39 is 34.9 Å². The Hall–Kier alpha value is -1.93. The zero-order chi connectivity index (χ0) is 32.6. The van der Waals surface area contributed by atoms with E-state index in [2.05, 4.69) is 54.5 Å². The average molecular weight is 616 g/mol. The van der Waals surface area contributed by atoms with Gasteiger partial charge in [0, 0.05) is 23.8 Å². The van der Waals surface area contributed by atoms with E-state index in [0.717, 1.165) is 25.7 Å². The van der Waals surface area contributed by atoms with E-state index >= 15 is 0 Å². The molecule has 1 saturated heterocycles. The summed E-state index contributed by atoms with van der Waals surface area (Å²) in [5.74, 6) is -0.830. The molecule has 8 nitrogen and oxygen atoms in total. The van der Waals surface area contributed by atoms with E-state index in [1.54, 1.807) is 6.92 Å². The normalized spacial score (nSPS) is 46.0. The number of allylic oxidation sites excluding steroid dienone is 1. The van der Waals surface area contributed by atoms with Gasteiger partial charge in [0.1, 0.15) is 12.2 Å². The zero-order valence-electron chi connectivity index (χ0n) is 28.5. The van der Waals surface area contributed by atoms with E-state index in [4.69, 9.17) is 19.9 Å². The molecule has 1 aliphatic heterocycles. The Morgan fingerprint density at radius 1 is 1.02 bits per heavy atom. The molecule has 12 atom stereocenters. The Morgan fingerprint density at radius 3 is 2.30 bits per heavy atom. The van der Waals surface area contributed by atoms with Gasteiger partial charge in [-0.2, -0.15) is 0 Å². The average Bonchev–Trinajstić information content (AvgIpc) is 2.90. The van der Waals surface area contributed by atoms with Crippen molar-refractivity contribution in [2.45, 2.75) is 126 Å². The second kappa shape index (κ2) is 11.1. The van der Waals surface area contributed by atoms with Crippen molar-refractivity contribution in [1.82, 2.24) is 0 Å². The van der Waals surface area contributed by atoms with E-state index in [1.807, 2.05) is 0 Å². The topological polar surface area (TPSA) is 125 Å². The van der Waals surface area contributed by atoms with E-state index in [0.29, 0.717) is 32.0 Å². The first kappa shape index (κ1) is 33.4. The lowest BCUT2D eigenvalue weighted by atomic mass is 9.34. The lowest BCUT2D eigenvalue weighted by molar-refractivity contribution is -0.263. The number of esters is 2. The number of carboxylic acids is 1. The first-order chi connectivity index (χ1) is 20.4. The van der Waals surface area contributed by atoms with E-state index in [-0.39, 0.29) is 58.4 Å². The summed E-state index contributed by atoms with van der Waals surface area (Å²) in [6, 6.07) is -0.332. The first-order valence-electron chi connectivity index (χ1n) is 17.0. The van der Waals surface area contributed by atoms with Crippen LogP contribution in [0.2, 0.25) is 0 Å². The van der Waals surface area contributed by atoms with Crippen LogP contribution in [0.25, 0.3) is 0 Å². The lowest BCUT2D eigenvalue weighted by Gasteiger charge is -2.71. The number of hydrogen-bond donors (Lipinski definition) is 2. The predicted molar refractivity (Wildman–Crippen MR) is 167 cm³/mol. The number of fused-ring (bicyclic) bond motifs is 3. The molecule has 8 heteroatoms. The molecule has 248 valence electrons. The summed E-state index contributed by atoms with van der Waals surface area (Å²) >= 11 is 0. The Labute approximate surface area is 264 Å². The van der Waals surface area contributed by atoms with Crippen LogP contribution < -0.4 is 5.73 Å².